The summed E-state index contributed by atoms with van der Waals surface area (Å²) in [5.74, 6) is 0.491. The number of amides is 1. The molecule has 0 aromatic heterocycles. The second kappa shape index (κ2) is 9.66. The number of hydrogen-bond donors (Lipinski definition) is 2. The van der Waals surface area contributed by atoms with E-state index in [1.54, 1.807) is 0 Å². The third-order valence-corrected chi connectivity index (χ3v) is 5.67. The molecule has 0 heterocycles. The van der Waals surface area contributed by atoms with Crippen molar-refractivity contribution in [2.24, 2.45) is 11.7 Å². The van der Waals surface area contributed by atoms with Crippen molar-refractivity contribution in [2.45, 2.75) is 48.8 Å². The maximum absolute atomic E-state index is 12.4. The molecular weight excluding hydrogens is 339 g/mol. The number of halogens is 2. The summed E-state index contributed by atoms with van der Waals surface area (Å²) in [6.45, 7) is 2.57. The van der Waals surface area contributed by atoms with Crippen LogP contribution in [0.2, 0.25) is 5.02 Å². The molecule has 22 heavy (non-hydrogen) atoms. The van der Waals surface area contributed by atoms with Crippen LogP contribution in [0.15, 0.2) is 29.2 Å². The average Bonchev–Trinajstić information content (AvgIpc) is 2.50. The van der Waals surface area contributed by atoms with E-state index in [1.165, 1.54) is 24.6 Å². The highest BCUT2D eigenvalue weighted by molar-refractivity contribution is 8.00. The fraction of sp³-hybridized carbons (Fsp3) is 0.562. The Kier molecular flexibility index (Phi) is 8.62. The van der Waals surface area contributed by atoms with Crippen LogP contribution in [0.5, 0.6) is 0 Å². The number of carbonyl (C=O) groups excluding carboxylic acids is 1. The highest BCUT2D eigenvalue weighted by Crippen LogP contribution is 2.30. The minimum atomic E-state index is -0.162. The Morgan fingerprint density at radius 1 is 1.41 bits per heavy atom. The van der Waals surface area contributed by atoms with Gasteiger partial charge < -0.3 is 11.1 Å². The molecule has 1 aliphatic rings. The summed E-state index contributed by atoms with van der Waals surface area (Å²) in [6.07, 6.45) is 4.55. The van der Waals surface area contributed by atoms with Gasteiger partial charge in [-0.3, -0.25) is 4.79 Å². The molecule has 1 fully saturated rings. The summed E-state index contributed by atoms with van der Waals surface area (Å²) in [5, 5.41) is 3.71. The zero-order chi connectivity index (χ0) is 15.2. The first-order valence-electron chi connectivity index (χ1n) is 7.53. The second-order valence-electron chi connectivity index (χ2n) is 5.59. The lowest BCUT2D eigenvalue weighted by Crippen LogP contribution is -2.47. The lowest BCUT2D eigenvalue weighted by Gasteiger charge is -2.32. The van der Waals surface area contributed by atoms with Gasteiger partial charge in [0.05, 0.1) is 10.3 Å². The van der Waals surface area contributed by atoms with Gasteiger partial charge in [-0.05, 0) is 44.4 Å². The van der Waals surface area contributed by atoms with E-state index in [9.17, 15) is 4.79 Å². The van der Waals surface area contributed by atoms with Gasteiger partial charge in [-0.1, -0.05) is 36.6 Å². The number of thioether (sulfide) groups is 1. The summed E-state index contributed by atoms with van der Waals surface area (Å²) < 4.78 is 0. The van der Waals surface area contributed by atoms with Gasteiger partial charge in [-0.2, -0.15) is 0 Å². The normalized spacial score (nSPS) is 22.5. The Hall–Kier alpha value is -0.420. The van der Waals surface area contributed by atoms with E-state index in [4.69, 9.17) is 17.3 Å². The Morgan fingerprint density at radius 3 is 2.77 bits per heavy atom. The quantitative estimate of drug-likeness (QED) is 0.781. The predicted octanol–water partition coefficient (Wildman–Crippen LogP) is 3.88. The highest BCUT2D eigenvalue weighted by Gasteiger charge is 2.27. The molecule has 3 atom stereocenters. The SMILES string of the molecule is CC(Sc1ccccc1Cl)C(=O)NC1CCCCC1CN.Cl. The molecule has 124 valence electrons. The molecular formula is C16H24Cl2N2OS. The van der Waals surface area contributed by atoms with Gasteiger partial charge in [0.2, 0.25) is 5.91 Å². The van der Waals surface area contributed by atoms with Crippen molar-refractivity contribution < 1.29 is 4.79 Å². The number of rotatable bonds is 5. The van der Waals surface area contributed by atoms with Gasteiger partial charge in [-0.25, -0.2) is 0 Å². The van der Waals surface area contributed by atoms with Gasteiger partial charge in [0.1, 0.15) is 0 Å². The minimum Gasteiger partial charge on any atom is -0.352 e. The van der Waals surface area contributed by atoms with E-state index in [-0.39, 0.29) is 29.6 Å². The lowest BCUT2D eigenvalue weighted by molar-refractivity contribution is -0.121. The first-order valence-corrected chi connectivity index (χ1v) is 8.79. The standard InChI is InChI=1S/C16H23ClN2OS.ClH/c1-11(21-15-9-5-3-7-13(15)17)16(20)19-14-8-4-2-6-12(14)10-18;/h3,5,7,9,11-12,14H,2,4,6,8,10,18H2,1H3,(H,19,20);1H. The summed E-state index contributed by atoms with van der Waals surface area (Å²) in [6, 6.07) is 7.85. The Bertz CT molecular complexity index is 487. The molecule has 1 amide bonds. The van der Waals surface area contributed by atoms with Crippen LogP contribution in [0.1, 0.15) is 32.6 Å². The molecule has 6 heteroatoms. The van der Waals surface area contributed by atoms with Crippen LogP contribution in [-0.4, -0.2) is 23.7 Å². The monoisotopic (exact) mass is 362 g/mol. The van der Waals surface area contributed by atoms with Gasteiger partial charge in [0, 0.05) is 10.9 Å². The highest BCUT2D eigenvalue weighted by atomic mass is 35.5. The number of nitrogens with one attached hydrogen (secondary N) is 1. The van der Waals surface area contributed by atoms with Crippen LogP contribution in [0, 0.1) is 5.92 Å². The number of nitrogens with two attached hydrogens (primary N) is 1. The summed E-state index contributed by atoms with van der Waals surface area (Å²) in [7, 11) is 0. The molecule has 3 N–H and O–H groups in total. The second-order valence-corrected chi connectivity index (χ2v) is 7.38. The smallest absolute Gasteiger partial charge is 0.233 e. The molecule has 0 spiro atoms. The van der Waals surface area contributed by atoms with E-state index in [2.05, 4.69) is 5.32 Å². The average molecular weight is 363 g/mol. The van der Waals surface area contributed by atoms with Crippen molar-refractivity contribution in [3.05, 3.63) is 29.3 Å². The minimum absolute atomic E-state index is 0. The zero-order valence-electron chi connectivity index (χ0n) is 12.8. The van der Waals surface area contributed by atoms with Crippen LogP contribution >= 0.6 is 35.8 Å². The molecule has 1 saturated carbocycles. The van der Waals surface area contributed by atoms with Crippen molar-refractivity contribution >= 4 is 41.7 Å². The van der Waals surface area contributed by atoms with E-state index >= 15 is 0 Å². The van der Waals surface area contributed by atoms with Gasteiger partial charge in [0.15, 0.2) is 0 Å². The maximum atomic E-state index is 12.4. The topological polar surface area (TPSA) is 55.1 Å². The van der Waals surface area contributed by atoms with E-state index in [0.29, 0.717) is 17.5 Å². The van der Waals surface area contributed by atoms with Gasteiger partial charge in [0.25, 0.3) is 0 Å². The Labute approximate surface area is 148 Å². The predicted molar refractivity (Wildman–Crippen MR) is 97.0 cm³/mol. The molecule has 3 nitrogen and oxygen atoms in total. The molecule has 0 bridgehead atoms. The fourth-order valence-electron chi connectivity index (χ4n) is 2.76. The Morgan fingerprint density at radius 2 is 2.09 bits per heavy atom. The molecule has 0 aliphatic heterocycles. The molecule has 0 radical (unpaired) electrons. The van der Waals surface area contributed by atoms with Crippen LogP contribution in [-0.2, 0) is 4.79 Å². The van der Waals surface area contributed by atoms with E-state index in [0.717, 1.165) is 17.7 Å². The largest absolute Gasteiger partial charge is 0.352 e. The van der Waals surface area contributed by atoms with Crippen molar-refractivity contribution in [3.8, 4) is 0 Å². The summed E-state index contributed by atoms with van der Waals surface area (Å²) in [4.78, 5) is 13.3. The molecule has 1 aromatic rings. The lowest BCUT2D eigenvalue weighted by atomic mass is 9.84. The fourth-order valence-corrected chi connectivity index (χ4v) is 3.93. The number of carbonyl (C=O) groups is 1. The summed E-state index contributed by atoms with van der Waals surface area (Å²) >= 11 is 7.64. The van der Waals surface area contributed by atoms with Crippen molar-refractivity contribution in [2.75, 3.05) is 6.54 Å². The maximum Gasteiger partial charge on any atom is 0.233 e. The van der Waals surface area contributed by atoms with E-state index < -0.39 is 0 Å². The van der Waals surface area contributed by atoms with Gasteiger partial charge >= 0.3 is 0 Å². The number of benzene rings is 1. The first kappa shape index (κ1) is 19.6. The van der Waals surface area contributed by atoms with Crippen molar-refractivity contribution in [1.82, 2.24) is 5.32 Å². The molecule has 1 aliphatic carbocycles. The van der Waals surface area contributed by atoms with Crippen LogP contribution < -0.4 is 11.1 Å². The zero-order valence-corrected chi connectivity index (χ0v) is 15.1. The van der Waals surface area contributed by atoms with Crippen molar-refractivity contribution in [3.63, 3.8) is 0 Å². The third-order valence-electron chi connectivity index (χ3n) is 4.05. The first-order chi connectivity index (χ1) is 10.1. The van der Waals surface area contributed by atoms with Crippen LogP contribution in [0.25, 0.3) is 0 Å². The third kappa shape index (κ3) is 5.34. The Balaban J connectivity index is 0.00000242. The van der Waals surface area contributed by atoms with Crippen LogP contribution in [0.3, 0.4) is 0 Å². The molecule has 1 aromatic carbocycles. The molecule has 2 rings (SSSR count). The van der Waals surface area contributed by atoms with Gasteiger partial charge in [-0.15, -0.1) is 24.2 Å². The molecule has 0 saturated heterocycles. The van der Waals surface area contributed by atoms with Crippen LogP contribution in [0.4, 0.5) is 0 Å². The van der Waals surface area contributed by atoms with E-state index in [1.807, 2.05) is 31.2 Å². The summed E-state index contributed by atoms with van der Waals surface area (Å²) in [5.41, 5.74) is 5.81. The number of hydrogen-bond acceptors (Lipinski definition) is 3. The van der Waals surface area contributed by atoms with Crippen molar-refractivity contribution in [1.29, 1.82) is 0 Å². The molecule has 3 unspecified atom stereocenters.